The molecule has 2 saturated heterocycles. The molecule has 8 heteroatoms. The zero-order valence-electron chi connectivity index (χ0n) is 21.9. The summed E-state index contributed by atoms with van der Waals surface area (Å²) in [6.45, 7) is 3.19. The van der Waals surface area contributed by atoms with E-state index in [4.69, 9.17) is 9.72 Å². The fraction of sp³-hybridized carbons (Fsp3) is 0.400. The first-order valence-electron chi connectivity index (χ1n) is 13.4. The van der Waals surface area contributed by atoms with Gasteiger partial charge >= 0.3 is 0 Å². The molecule has 0 unspecified atom stereocenters. The lowest BCUT2D eigenvalue weighted by Crippen LogP contribution is -2.48. The topological polar surface area (TPSA) is 69.1 Å². The Labute approximate surface area is 223 Å². The van der Waals surface area contributed by atoms with Gasteiger partial charge in [0.2, 0.25) is 0 Å². The number of aliphatic hydroxyl groups is 1. The standard InChI is InChI=1S/C30H35FN4O3/c1-38-28-12-5-2-9-23(28)26-14-13-24(30(37)35-16-7-6-8-22(35)15-21-36)29(32-26)34-19-17-33(18-20-34)27-11-4-3-10-25(27)31/h2-5,9-14,22,36H,6-8,15-21H2,1H3/t22-/m0/s1. The summed E-state index contributed by atoms with van der Waals surface area (Å²) in [6, 6.07) is 18.3. The summed E-state index contributed by atoms with van der Waals surface area (Å²) < 4.78 is 20.0. The van der Waals surface area contributed by atoms with E-state index in [1.165, 1.54) is 6.07 Å². The first-order chi connectivity index (χ1) is 18.6. The minimum Gasteiger partial charge on any atom is -0.496 e. The third kappa shape index (κ3) is 5.31. The minimum atomic E-state index is -0.229. The second-order valence-corrected chi connectivity index (χ2v) is 9.85. The monoisotopic (exact) mass is 518 g/mol. The normalized spacial score (nSPS) is 18.0. The first-order valence-corrected chi connectivity index (χ1v) is 13.4. The number of pyridine rings is 1. The first kappa shape index (κ1) is 26.0. The molecule has 2 aromatic carbocycles. The van der Waals surface area contributed by atoms with Gasteiger partial charge in [-0.2, -0.15) is 0 Å². The lowest BCUT2D eigenvalue weighted by atomic mass is 9.98. The number of halogens is 1. The van der Waals surface area contributed by atoms with Crippen molar-refractivity contribution < 1.29 is 19.0 Å². The summed E-state index contributed by atoms with van der Waals surface area (Å²) in [6.07, 6.45) is 3.49. The van der Waals surface area contributed by atoms with E-state index in [2.05, 4.69) is 4.90 Å². The molecule has 1 N–H and O–H groups in total. The number of anilines is 2. The van der Waals surface area contributed by atoms with Crippen molar-refractivity contribution in [2.75, 3.05) is 56.2 Å². The highest BCUT2D eigenvalue weighted by Crippen LogP contribution is 2.33. The number of ether oxygens (including phenoxy) is 1. The van der Waals surface area contributed by atoms with Crippen LogP contribution in [0.1, 0.15) is 36.0 Å². The van der Waals surface area contributed by atoms with E-state index in [1.54, 1.807) is 19.2 Å². The van der Waals surface area contributed by atoms with Gasteiger partial charge in [0.05, 0.1) is 24.1 Å². The quantitative estimate of drug-likeness (QED) is 0.493. The van der Waals surface area contributed by atoms with Gasteiger partial charge in [-0.1, -0.05) is 24.3 Å². The van der Waals surface area contributed by atoms with Crippen LogP contribution >= 0.6 is 0 Å². The van der Waals surface area contributed by atoms with Gasteiger partial charge in [0.1, 0.15) is 17.4 Å². The van der Waals surface area contributed by atoms with Crippen LogP contribution in [-0.2, 0) is 0 Å². The third-order valence-corrected chi connectivity index (χ3v) is 7.61. The van der Waals surface area contributed by atoms with Crippen molar-refractivity contribution >= 4 is 17.4 Å². The predicted octanol–water partition coefficient (Wildman–Crippen LogP) is 4.60. The fourth-order valence-corrected chi connectivity index (χ4v) is 5.60. The molecule has 3 aromatic rings. The Kier molecular flexibility index (Phi) is 8.08. The minimum absolute atomic E-state index is 0.0286. The van der Waals surface area contributed by atoms with Crippen LogP contribution in [0.25, 0.3) is 11.3 Å². The number of piperidine rings is 1. The molecule has 1 atom stereocenters. The molecule has 2 fully saturated rings. The Hall–Kier alpha value is -3.65. The fourth-order valence-electron chi connectivity index (χ4n) is 5.60. The molecule has 38 heavy (non-hydrogen) atoms. The second-order valence-electron chi connectivity index (χ2n) is 9.85. The van der Waals surface area contributed by atoms with E-state index in [0.717, 1.165) is 30.5 Å². The number of hydrogen-bond donors (Lipinski definition) is 1. The number of piperazine rings is 1. The van der Waals surface area contributed by atoms with Crippen molar-refractivity contribution in [3.05, 3.63) is 72.0 Å². The summed E-state index contributed by atoms with van der Waals surface area (Å²) >= 11 is 0. The number of para-hydroxylation sites is 2. The Bertz CT molecular complexity index is 1260. The number of hydrogen-bond acceptors (Lipinski definition) is 6. The molecule has 2 aliphatic heterocycles. The molecule has 3 heterocycles. The SMILES string of the molecule is COc1ccccc1-c1ccc(C(=O)N2CCCC[C@H]2CCO)c(N2CCN(c3ccccc3F)CC2)n1. The molecule has 7 nitrogen and oxygen atoms in total. The largest absolute Gasteiger partial charge is 0.496 e. The van der Waals surface area contributed by atoms with Gasteiger partial charge in [-0.15, -0.1) is 0 Å². The van der Waals surface area contributed by atoms with Gasteiger partial charge in [0.15, 0.2) is 0 Å². The molecule has 0 spiro atoms. The van der Waals surface area contributed by atoms with Crippen molar-refractivity contribution in [2.24, 2.45) is 0 Å². The number of benzene rings is 2. The van der Waals surface area contributed by atoms with Crippen LogP contribution in [0.3, 0.4) is 0 Å². The smallest absolute Gasteiger partial charge is 0.257 e. The van der Waals surface area contributed by atoms with Crippen molar-refractivity contribution in [3.63, 3.8) is 0 Å². The number of methoxy groups -OCH3 is 1. The highest BCUT2D eigenvalue weighted by molar-refractivity contribution is 5.99. The van der Waals surface area contributed by atoms with Crippen LogP contribution in [0.2, 0.25) is 0 Å². The van der Waals surface area contributed by atoms with E-state index >= 15 is 0 Å². The van der Waals surface area contributed by atoms with Crippen LogP contribution < -0.4 is 14.5 Å². The Morgan fingerprint density at radius 2 is 1.71 bits per heavy atom. The summed E-state index contributed by atoms with van der Waals surface area (Å²) in [5, 5.41) is 9.60. The van der Waals surface area contributed by atoms with Crippen LogP contribution in [0, 0.1) is 5.82 Å². The zero-order valence-corrected chi connectivity index (χ0v) is 21.9. The van der Waals surface area contributed by atoms with E-state index in [9.17, 15) is 14.3 Å². The number of carbonyl (C=O) groups excluding carboxylic acids is 1. The highest BCUT2D eigenvalue weighted by atomic mass is 19.1. The summed E-state index contributed by atoms with van der Waals surface area (Å²) in [7, 11) is 1.64. The van der Waals surface area contributed by atoms with Gasteiger partial charge < -0.3 is 24.5 Å². The van der Waals surface area contributed by atoms with Gasteiger partial charge in [-0.05, 0) is 62.1 Å². The number of carbonyl (C=O) groups is 1. The molecule has 0 aliphatic carbocycles. The highest BCUT2D eigenvalue weighted by Gasteiger charge is 2.31. The third-order valence-electron chi connectivity index (χ3n) is 7.61. The lowest BCUT2D eigenvalue weighted by molar-refractivity contribution is 0.0575. The zero-order chi connectivity index (χ0) is 26.5. The maximum Gasteiger partial charge on any atom is 0.257 e. The Morgan fingerprint density at radius 1 is 0.974 bits per heavy atom. The summed E-state index contributed by atoms with van der Waals surface area (Å²) in [5.41, 5.74) is 2.75. The Balaban J connectivity index is 1.48. The molecule has 0 bridgehead atoms. The summed E-state index contributed by atoms with van der Waals surface area (Å²) in [5.74, 6) is 1.08. The molecule has 0 saturated carbocycles. The van der Waals surface area contributed by atoms with Crippen LogP contribution in [0.15, 0.2) is 60.7 Å². The molecule has 200 valence electrons. The average molecular weight is 519 g/mol. The molecule has 2 aliphatic rings. The van der Waals surface area contributed by atoms with E-state index in [-0.39, 0.29) is 24.4 Å². The number of amides is 1. The number of aromatic nitrogens is 1. The van der Waals surface area contributed by atoms with Gasteiger partial charge in [-0.25, -0.2) is 9.37 Å². The molecular weight excluding hydrogens is 483 g/mol. The molecule has 1 amide bonds. The van der Waals surface area contributed by atoms with Gasteiger partial charge in [0, 0.05) is 50.9 Å². The van der Waals surface area contributed by atoms with Crippen molar-refractivity contribution in [3.8, 4) is 17.0 Å². The second kappa shape index (κ2) is 11.8. The molecule has 1 aromatic heterocycles. The molecule has 5 rings (SSSR count). The number of rotatable bonds is 7. The number of nitrogens with zero attached hydrogens (tertiary/aromatic N) is 4. The Morgan fingerprint density at radius 3 is 2.47 bits per heavy atom. The predicted molar refractivity (Wildman–Crippen MR) is 147 cm³/mol. The lowest BCUT2D eigenvalue weighted by Gasteiger charge is -2.39. The van der Waals surface area contributed by atoms with Gasteiger partial charge in [0.25, 0.3) is 5.91 Å². The van der Waals surface area contributed by atoms with Crippen LogP contribution in [0.5, 0.6) is 5.75 Å². The van der Waals surface area contributed by atoms with Crippen LogP contribution in [0.4, 0.5) is 15.9 Å². The number of aliphatic hydroxyl groups excluding tert-OH is 1. The van der Waals surface area contributed by atoms with E-state index in [1.807, 2.05) is 52.3 Å². The maximum atomic E-state index is 14.4. The van der Waals surface area contributed by atoms with Crippen molar-refractivity contribution in [1.29, 1.82) is 0 Å². The summed E-state index contributed by atoms with van der Waals surface area (Å²) in [4.78, 5) is 25.1. The van der Waals surface area contributed by atoms with Crippen molar-refractivity contribution in [2.45, 2.75) is 31.7 Å². The number of likely N-dealkylation sites (tertiary alicyclic amines) is 1. The van der Waals surface area contributed by atoms with E-state index < -0.39 is 0 Å². The van der Waals surface area contributed by atoms with Crippen molar-refractivity contribution in [1.82, 2.24) is 9.88 Å². The average Bonchev–Trinajstić information content (AvgIpc) is 2.97. The van der Waals surface area contributed by atoms with Crippen LogP contribution in [-0.4, -0.2) is 73.4 Å². The molecule has 0 radical (unpaired) electrons. The van der Waals surface area contributed by atoms with E-state index in [0.29, 0.717) is 62.0 Å². The maximum absolute atomic E-state index is 14.4. The van der Waals surface area contributed by atoms with Gasteiger partial charge in [-0.3, -0.25) is 4.79 Å². The molecular formula is C30H35FN4O3.